The summed E-state index contributed by atoms with van der Waals surface area (Å²) in [5.41, 5.74) is 1.89. The van der Waals surface area contributed by atoms with Crippen LogP contribution in [0.4, 0.5) is 5.69 Å². The Morgan fingerprint density at radius 1 is 1.26 bits per heavy atom. The first-order valence-electron chi connectivity index (χ1n) is 8.15. The number of rotatable bonds is 8. The predicted molar refractivity (Wildman–Crippen MR) is 101 cm³/mol. The van der Waals surface area contributed by atoms with Gasteiger partial charge in [-0.3, -0.25) is 9.79 Å². The molecule has 0 unspecified atom stereocenters. The van der Waals surface area contributed by atoms with Crippen molar-refractivity contribution in [3.63, 3.8) is 0 Å². The highest BCUT2D eigenvalue weighted by atomic mass is 79.9. The molecule has 0 saturated heterocycles. The van der Waals surface area contributed by atoms with Gasteiger partial charge in [-0.15, -0.1) is 0 Å². The van der Waals surface area contributed by atoms with Crippen LogP contribution in [0.25, 0.3) is 0 Å². The van der Waals surface area contributed by atoms with Crippen LogP contribution >= 0.6 is 15.9 Å². The molecule has 1 aromatic rings. The molecule has 3 N–H and O–H groups in total. The maximum Gasteiger partial charge on any atom is 0.226 e. The van der Waals surface area contributed by atoms with Crippen LogP contribution < -0.4 is 16.0 Å². The first-order chi connectivity index (χ1) is 11.1. The number of halogens is 1. The first kappa shape index (κ1) is 19.5. The molecular weight excluding hydrogens is 356 g/mol. The van der Waals surface area contributed by atoms with E-state index in [-0.39, 0.29) is 5.91 Å². The lowest BCUT2D eigenvalue weighted by Crippen LogP contribution is -2.38. The molecule has 0 aliphatic heterocycles. The van der Waals surface area contributed by atoms with Crippen LogP contribution in [0.5, 0.6) is 0 Å². The minimum absolute atomic E-state index is 0.0110. The number of hydrogen-bond donors (Lipinski definition) is 3. The second-order valence-corrected chi connectivity index (χ2v) is 6.21. The Morgan fingerprint density at radius 2 is 2.04 bits per heavy atom. The second-order valence-electron chi connectivity index (χ2n) is 5.30. The molecule has 5 nitrogen and oxygen atoms in total. The van der Waals surface area contributed by atoms with Crippen molar-refractivity contribution < 1.29 is 4.79 Å². The third-order valence-corrected chi connectivity index (χ3v) is 3.74. The van der Waals surface area contributed by atoms with Crippen molar-refractivity contribution in [2.75, 3.05) is 25.0 Å². The lowest BCUT2D eigenvalue weighted by molar-refractivity contribution is -0.116. The van der Waals surface area contributed by atoms with Gasteiger partial charge in [-0.1, -0.05) is 35.3 Å². The van der Waals surface area contributed by atoms with Gasteiger partial charge in [-0.05, 0) is 38.0 Å². The Labute approximate surface area is 147 Å². The number of guanidine groups is 1. The number of nitrogens with one attached hydrogen (secondary N) is 3. The summed E-state index contributed by atoms with van der Waals surface area (Å²) in [6, 6.07) is 5.85. The van der Waals surface area contributed by atoms with Crippen LogP contribution in [0, 0.1) is 6.92 Å². The summed E-state index contributed by atoms with van der Waals surface area (Å²) in [5, 5.41) is 9.31. The standard InChI is InChI=1S/C17H27BrN4O/c1-4-6-10-20-17(19-5-2)21-11-9-16(23)22-15-12-14(18)8-7-13(15)3/h7-8,12H,4-6,9-11H2,1-3H3,(H,22,23)(H2,19,20,21). The third-order valence-electron chi connectivity index (χ3n) is 3.24. The van der Waals surface area contributed by atoms with Crippen molar-refractivity contribution in [3.8, 4) is 0 Å². The van der Waals surface area contributed by atoms with E-state index < -0.39 is 0 Å². The first-order valence-corrected chi connectivity index (χ1v) is 8.94. The molecular formula is C17H27BrN4O. The molecule has 0 aliphatic rings. The summed E-state index contributed by atoms with van der Waals surface area (Å²) in [4.78, 5) is 16.5. The quantitative estimate of drug-likeness (QED) is 0.366. The number of nitrogens with zero attached hydrogens (tertiary/aromatic N) is 1. The average Bonchev–Trinajstić information content (AvgIpc) is 2.51. The molecule has 0 fully saturated rings. The van der Waals surface area contributed by atoms with Crippen molar-refractivity contribution >= 4 is 33.5 Å². The van der Waals surface area contributed by atoms with Gasteiger partial charge in [0.25, 0.3) is 0 Å². The Kier molecular flexibility index (Phi) is 9.36. The van der Waals surface area contributed by atoms with E-state index in [9.17, 15) is 4.79 Å². The largest absolute Gasteiger partial charge is 0.357 e. The minimum Gasteiger partial charge on any atom is -0.357 e. The zero-order chi connectivity index (χ0) is 17.1. The number of carbonyl (C=O) groups excluding carboxylic acids is 1. The number of carbonyl (C=O) groups is 1. The maximum atomic E-state index is 12.0. The van der Waals surface area contributed by atoms with Crippen LogP contribution in [0.15, 0.2) is 27.7 Å². The molecule has 1 amide bonds. The SMILES string of the molecule is CCCCN=C(NCC)NCCC(=O)Nc1cc(Br)ccc1C. The molecule has 0 heterocycles. The van der Waals surface area contributed by atoms with Crippen molar-refractivity contribution in [1.82, 2.24) is 10.6 Å². The third kappa shape index (κ3) is 8.02. The van der Waals surface area contributed by atoms with Crippen molar-refractivity contribution in [2.45, 2.75) is 40.0 Å². The molecule has 0 radical (unpaired) electrons. The maximum absolute atomic E-state index is 12.0. The van der Waals surface area contributed by atoms with E-state index in [4.69, 9.17) is 0 Å². The van der Waals surface area contributed by atoms with Gasteiger partial charge in [0, 0.05) is 36.2 Å². The zero-order valence-corrected chi connectivity index (χ0v) is 15.8. The fourth-order valence-electron chi connectivity index (χ4n) is 1.93. The lowest BCUT2D eigenvalue weighted by atomic mass is 10.2. The van der Waals surface area contributed by atoms with Gasteiger partial charge in [0.1, 0.15) is 0 Å². The van der Waals surface area contributed by atoms with Gasteiger partial charge in [-0.2, -0.15) is 0 Å². The Balaban J connectivity index is 2.42. The normalized spacial score (nSPS) is 11.2. The Hall–Kier alpha value is -1.56. The van der Waals surface area contributed by atoms with Crippen LogP contribution in [-0.2, 0) is 4.79 Å². The Bertz CT molecular complexity index is 531. The van der Waals surface area contributed by atoms with Gasteiger partial charge < -0.3 is 16.0 Å². The van der Waals surface area contributed by atoms with Gasteiger partial charge in [0.2, 0.25) is 5.91 Å². The summed E-state index contributed by atoms with van der Waals surface area (Å²) >= 11 is 3.42. The van der Waals surface area contributed by atoms with Crippen molar-refractivity contribution in [2.24, 2.45) is 4.99 Å². The van der Waals surface area contributed by atoms with Gasteiger partial charge in [-0.25, -0.2) is 0 Å². The van der Waals surface area contributed by atoms with Crippen LogP contribution in [0.3, 0.4) is 0 Å². The summed E-state index contributed by atoms with van der Waals surface area (Å²) < 4.78 is 0.953. The number of hydrogen-bond acceptors (Lipinski definition) is 2. The van der Waals surface area contributed by atoms with E-state index in [2.05, 4.69) is 43.8 Å². The smallest absolute Gasteiger partial charge is 0.226 e. The van der Waals surface area contributed by atoms with Crippen molar-refractivity contribution in [3.05, 3.63) is 28.2 Å². The second kappa shape index (κ2) is 11.0. The summed E-state index contributed by atoms with van der Waals surface area (Å²) in [6.45, 7) is 8.31. The minimum atomic E-state index is -0.0110. The molecule has 1 rings (SSSR count). The monoisotopic (exact) mass is 382 g/mol. The Morgan fingerprint density at radius 3 is 2.74 bits per heavy atom. The lowest BCUT2D eigenvalue weighted by Gasteiger charge is -2.12. The number of anilines is 1. The van der Waals surface area contributed by atoms with E-state index in [1.807, 2.05) is 32.0 Å². The van der Waals surface area contributed by atoms with E-state index in [0.29, 0.717) is 13.0 Å². The van der Waals surface area contributed by atoms with E-state index in [1.165, 1.54) is 0 Å². The molecule has 0 aromatic heterocycles. The number of amides is 1. The topological polar surface area (TPSA) is 65.5 Å². The molecule has 0 saturated carbocycles. The van der Waals surface area contributed by atoms with Crippen LogP contribution in [0.1, 0.15) is 38.7 Å². The van der Waals surface area contributed by atoms with Gasteiger partial charge in [0.15, 0.2) is 5.96 Å². The predicted octanol–water partition coefficient (Wildman–Crippen LogP) is 3.44. The van der Waals surface area contributed by atoms with Gasteiger partial charge in [0.05, 0.1) is 0 Å². The highest BCUT2D eigenvalue weighted by Crippen LogP contribution is 2.20. The number of unbranched alkanes of at least 4 members (excludes halogenated alkanes) is 1. The van der Waals surface area contributed by atoms with Gasteiger partial charge >= 0.3 is 0 Å². The molecule has 0 bridgehead atoms. The summed E-state index contributed by atoms with van der Waals surface area (Å²) in [6.07, 6.45) is 2.58. The number of benzene rings is 1. The van der Waals surface area contributed by atoms with E-state index >= 15 is 0 Å². The molecule has 6 heteroatoms. The fraction of sp³-hybridized carbons (Fsp3) is 0.529. The van der Waals surface area contributed by atoms with Crippen LogP contribution in [-0.4, -0.2) is 31.5 Å². The number of aryl methyl sites for hydroxylation is 1. The molecule has 23 heavy (non-hydrogen) atoms. The zero-order valence-electron chi connectivity index (χ0n) is 14.2. The van der Waals surface area contributed by atoms with E-state index in [1.54, 1.807) is 0 Å². The van der Waals surface area contributed by atoms with Crippen molar-refractivity contribution in [1.29, 1.82) is 0 Å². The highest BCUT2D eigenvalue weighted by molar-refractivity contribution is 9.10. The van der Waals surface area contributed by atoms with E-state index in [0.717, 1.165) is 47.6 Å². The summed E-state index contributed by atoms with van der Waals surface area (Å²) in [7, 11) is 0. The molecule has 128 valence electrons. The molecule has 0 aliphatic carbocycles. The molecule has 1 aromatic carbocycles. The summed E-state index contributed by atoms with van der Waals surface area (Å²) in [5.74, 6) is 0.760. The fourth-order valence-corrected chi connectivity index (χ4v) is 2.29. The highest BCUT2D eigenvalue weighted by Gasteiger charge is 2.06. The molecule has 0 spiro atoms. The number of aliphatic imine (C=N–C) groups is 1. The average molecular weight is 383 g/mol. The van der Waals surface area contributed by atoms with Crippen LogP contribution in [0.2, 0.25) is 0 Å². The molecule has 0 atom stereocenters.